The van der Waals surface area contributed by atoms with Crippen LogP contribution >= 0.6 is 0 Å². The lowest BCUT2D eigenvalue weighted by atomic mass is 10.0. The molecule has 0 radical (unpaired) electrons. The minimum Gasteiger partial charge on any atom is -0.350 e. The molecule has 0 fully saturated rings. The van der Waals surface area contributed by atoms with Gasteiger partial charge in [-0.15, -0.1) is 0 Å². The molecule has 0 atom stereocenters. The average Bonchev–Trinajstić information content (AvgIpc) is 3.04. The smallest absolute Gasteiger partial charge is 0.350 e. The number of aryl methyl sites for hydroxylation is 2. The van der Waals surface area contributed by atoms with Crippen LogP contribution in [0.15, 0.2) is 78.5 Å². The van der Waals surface area contributed by atoms with E-state index in [4.69, 9.17) is 0 Å². The molecule has 0 aliphatic carbocycles. The Labute approximate surface area is 189 Å². The van der Waals surface area contributed by atoms with Crippen LogP contribution < -0.4 is 10.2 Å². The van der Waals surface area contributed by atoms with Crippen molar-refractivity contribution in [2.75, 3.05) is 10.2 Å². The van der Waals surface area contributed by atoms with Gasteiger partial charge in [0.1, 0.15) is 5.70 Å². The van der Waals surface area contributed by atoms with Crippen LogP contribution in [0.4, 0.5) is 24.5 Å². The summed E-state index contributed by atoms with van der Waals surface area (Å²) in [6, 6.07) is 18.6. The SMILES string of the molecule is CCc1ccc(NC2=C(c3ccc(C)cc3)C(=O)N(c3cccc(C(F)(F)F)c3)C2=O)cc1. The molecule has 2 amide bonds. The van der Waals surface area contributed by atoms with Crippen LogP contribution in [0.5, 0.6) is 0 Å². The Morgan fingerprint density at radius 3 is 2.15 bits per heavy atom. The molecule has 1 aliphatic rings. The van der Waals surface area contributed by atoms with Gasteiger partial charge in [0.15, 0.2) is 0 Å². The van der Waals surface area contributed by atoms with Crippen molar-refractivity contribution in [2.24, 2.45) is 0 Å². The number of benzene rings is 3. The van der Waals surface area contributed by atoms with Gasteiger partial charge in [-0.05, 0) is 54.8 Å². The third-order valence-corrected chi connectivity index (χ3v) is 5.49. The molecule has 7 heteroatoms. The largest absolute Gasteiger partial charge is 0.416 e. The summed E-state index contributed by atoms with van der Waals surface area (Å²) in [5, 5.41) is 3.03. The van der Waals surface area contributed by atoms with Gasteiger partial charge in [-0.3, -0.25) is 9.59 Å². The Morgan fingerprint density at radius 2 is 1.55 bits per heavy atom. The van der Waals surface area contributed by atoms with E-state index in [1.165, 1.54) is 12.1 Å². The Hall–Kier alpha value is -3.87. The summed E-state index contributed by atoms with van der Waals surface area (Å²) in [6.45, 7) is 3.91. The van der Waals surface area contributed by atoms with Crippen molar-refractivity contribution in [1.29, 1.82) is 0 Å². The van der Waals surface area contributed by atoms with Crippen LogP contribution in [0.25, 0.3) is 5.57 Å². The maximum atomic E-state index is 13.4. The lowest BCUT2D eigenvalue weighted by molar-refractivity contribution is -0.137. The van der Waals surface area contributed by atoms with Crippen LogP contribution in [-0.4, -0.2) is 11.8 Å². The average molecular weight is 450 g/mol. The van der Waals surface area contributed by atoms with E-state index in [0.717, 1.165) is 34.6 Å². The van der Waals surface area contributed by atoms with E-state index < -0.39 is 23.6 Å². The second kappa shape index (κ2) is 8.58. The molecule has 33 heavy (non-hydrogen) atoms. The number of carbonyl (C=O) groups excluding carboxylic acids is 2. The lowest BCUT2D eigenvalue weighted by Crippen LogP contribution is -2.32. The molecule has 4 rings (SSSR count). The monoisotopic (exact) mass is 450 g/mol. The predicted octanol–water partition coefficient (Wildman–Crippen LogP) is 5.97. The lowest BCUT2D eigenvalue weighted by Gasteiger charge is -2.17. The van der Waals surface area contributed by atoms with Crippen LogP contribution in [0.1, 0.15) is 29.2 Å². The van der Waals surface area contributed by atoms with Gasteiger partial charge in [-0.2, -0.15) is 13.2 Å². The predicted molar refractivity (Wildman–Crippen MR) is 121 cm³/mol. The molecule has 1 heterocycles. The van der Waals surface area contributed by atoms with Crippen LogP contribution in [0, 0.1) is 6.92 Å². The molecule has 0 saturated carbocycles. The molecule has 0 aromatic heterocycles. The first-order valence-electron chi connectivity index (χ1n) is 10.4. The Balaban J connectivity index is 1.79. The number of nitrogens with one attached hydrogen (secondary N) is 1. The molecule has 0 saturated heterocycles. The maximum absolute atomic E-state index is 13.4. The molecular weight excluding hydrogens is 429 g/mol. The molecule has 3 aromatic carbocycles. The van der Waals surface area contributed by atoms with Gasteiger partial charge in [0.05, 0.1) is 16.8 Å². The summed E-state index contributed by atoms with van der Waals surface area (Å²) < 4.78 is 39.7. The first kappa shape index (κ1) is 22.3. The van der Waals surface area contributed by atoms with Crippen molar-refractivity contribution in [2.45, 2.75) is 26.4 Å². The fourth-order valence-corrected chi connectivity index (χ4v) is 3.66. The van der Waals surface area contributed by atoms with Crippen molar-refractivity contribution in [3.8, 4) is 0 Å². The second-order valence-corrected chi connectivity index (χ2v) is 7.79. The number of nitrogens with zero attached hydrogens (tertiary/aromatic N) is 1. The van der Waals surface area contributed by atoms with Crippen LogP contribution in [0.3, 0.4) is 0 Å². The Bertz CT molecular complexity index is 1240. The third kappa shape index (κ3) is 4.39. The van der Waals surface area contributed by atoms with Gasteiger partial charge in [0.2, 0.25) is 0 Å². The van der Waals surface area contributed by atoms with Crippen molar-refractivity contribution in [3.63, 3.8) is 0 Å². The number of rotatable bonds is 5. The second-order valence-electron chi connectivity index (χ2n) is 7.79. The number of imide groups is 1. The summed E-state index contributed by atoms with van der Waals surface area (Å²) in [5.74, 6) is -1.40. The highest BCUT2D eigenvalue weighted by molar-refractivity contribution is 6.46. The minimum absolute atomic E-state index is 0.0190. The van der Waals surface area contributed by atoms with E-state index in [0.29, 0.717) is 11.3 Å². The van der Waals surface area contributed by atoms with Crippen molar-refractivity contribution < 1.29 is 22.8 Å². The third-order valence-electron chi connectivity index (χ3n) is 5.49. The standard InChI is InChI=1S/C26H21F3N2O2/c1-3-17-9-13-20(14-10-17)30-23-22(18-11-7-16(2)8-12-18)24(32)31(25(23)33)21-6-4-5-19(15-21)26(27,28)29/h4-15,30H,3H2,1-2H3. The zero-order valence-electron chi connectivity index (χ0n) is 18.0. The summed E-state index contributed by atoms with van der Waals surface area (Å²) >= 11 is 0. The molecule has 0 bridgehead atoms. The van der Waals surface area contributed by atoms with Gasteiger partial charge in [0.25, 0.3) is 11.8 Å². The molecule has 0 spiro atoms. The summed E-state index contributed by atoms with van der Waals surface area (Å²) in [7, 11) is 0. The van der Waals surface area contributed by atoms with Crippen molar-refractivity contribution in [1.82, 2.24) is 0 Å². The highest BCUT2D eigenvalue weighted by Crippen LogP contribution is 2.37. The van der Waals surface area contributed by atoms with Gasteiger partial charge >= 0.3 is 6.18 Å². The van der Waals surface area contributed by atoms with Gasteiger partial charge < -0.3 is 5.32 Å². The Kier molecular flexibility index (Phi) is 5.80. The number of halogens is 3. The van der Waals surface area contributed by atoms with Gasteiger partial charge in [-0.1, -0.05) is 55.0 Å². The quantitative estimate of drug-likeness (QED) is 0.487. The van der Waals surface area contributed by atoms with Crippen LogP contribution in [-0.2, 0) is 22.2 Å². The highest BCUT2D eigenvalue weighted by atomic mass is 19.4. The van der Waals surface area contributed by atoms with Crippen molar-refractivity contribution >= 4 is 28.8 Å². The zero-order chi connectivity index (χ0) is 23.8. The number of alkyl halides is 3. The van der Waals surface area contributed by atoms with Crippen LogP contribution in [0.2, 0.25) is 0 Å². The van der Waals surface area contributed by atoms with E-state index in [9.17, 15) is 22.8 Å². The van der Waals surface area contributed by atoms with E-state index >= 15 is 0 Å². The molecule has 0 unspecified atom stereocenters. The molecular formula is C26H21F3N2O2. The summed E-state index contributed by atoms with van der Waals surface area (Å²) in [6.07, 6.45) is -3.75. The van der Waals surface area contributed by atoms with Gasteiger partial charge in [0, 0.05) is 5.69 Å². The Morgan fingerprint density at radius 1 is 0.879 bits per heavy atom. The fourth-order valence-electron chi connectivity index (χ4n) is 3.66. The summed E-state index contributed by atoms with van der Waals surface area (Å²) in [5.41, 5.74) is 2.22. The maximum Gasteiger partial charge on any atom is 0.416 e. The zero-order valence-corrected chi connectivity index (χ0v) is 18.0. The fraction of sp³-hybridized carbons (Fsp3) is 0.154. The number of hydrogen-bond donors (Lipinski definition) is 1. The summed E-state index contributed by atoms with van der Waals surface area (Å²) in [4.78, 5) is 27.5. The molecule has 168 valence electrons. The van der Waals surface area contributed by atoms with E-state index in [1.54, 1.807) is 36.4 Å². The van der Waals surface area contributed by atoms with Crippen molar-refractivity contribution in [3.05, 3.63) is 101 Å². The topological polar surface area (TPSA) is 49.4 Å². The molecule has 4 nitrogen and oxygen atoms in total. The minimum atomic E-state index is -4.60. The van der Waals surface area contributed by atoms with Gasteiger partial charge in [-0.25, -0.2) is 4.90 Å². The molecule has 3 aromatic rings. The van der Waals surface area contributed by atoms with E-state index in [-0.39, 0.29) is 17.0 Å². The normalized spacial score (nSPS) is 14.3. The highest BCUT2D eigenvalue weighted by Gasteiger charge is 2.41. The number of amides is 2. The first-order chi connectivity index (χ1) is 15.7. The number of hydrogen-bond acceptors (Lipinski definition) is 3. The number of carbonyl (C=O) groups is 2. The van der Waals surface area contributed by atoms with E-state index in [1.807, 2.05) is 26.0 Å². The first-order valence-corrected chi connectivity index (χ1v) is 10.4. The molecule has 1 N–H and O–H groups in total. The van der Waals surface area contributed by atoms with E-state index in [2.05, 4.69) is 5.32 Å². The molecule has 1 aliphatic heterocycles. The number of anilines is 2.